The molecule has 0 aliphatic rings. The van der Waals surface area contributed by atoms with E-state index in [1.807, 2.05) is 4.68 Å². The van der Waals surface area contributed by atoms with Crippen LogP contribution in [-0.4, -0.2) is 40.7 Å². The molecular formula is C14H25BrN4O. The van der Waals surface area contributed by atoms with Gasteiger partial charge in [-0.1, -0.05) is 13.8 Å². The third kappa shape index (κ3) is 4.31. The van der Waals surface area contributed by atoms with Gasteiger partial charge in [0.1, 0.15) is 0 Å². The first-order chi connectivity index (χ1) is 9.57. The summed E-state index contributed by atoms with van der Waals surface area (Å²) >= 11 is 3.66. The van der Waals surface area contributed by atoms with Crippen LogP contribution in [0.4, 0.5) is 0 Å². The first-order valence-electron chi connectivity index (χ1n) is 7.24. The lowest BCUT2D eigenvalue weighted by Crippen LogP contribution is -2.36. The smallest absolute Gasteiger partial charge is 0.233 e. The summed E-state index contributed by atoms with van der Waals surface area (Å²) in [4.78, 5) is 13.8. The molecule has 1 N–H and O–H groups in total. The van der Waals surface area contributed by atoms with Crippen molar-refractivity contribution in [1.82, 2.24) is 20.0 Å². The van der Waals surface area contributed by atoms with Gasteiger partial charge in [-0.05, 0) is 42.2 Å². The predicted molar refractivity (Wildman–Crippen MR) is 84.6 cm³/mol. The van der Waals surface area contributed by atoms with E-state index in [2.05, 4.69) is 52.0 Å². The minimum atomic E-state index is 0.0489. The van der Waals surface area contributed by atoms with Crippen molar-refractivity contribution in [1.29, 1.82) is 0 Å². The van der Waals surface area contributed by atoms with Gasteiger partial charge < -0.3 is 5.32 Å². The standard InChI is InChI=1S/C14H25BrN4O/c1-5-8-18(10-13(20)16-4)9-12-14(15)11(6-2)17-19(12)7-3/h5-10H2,1-4H3,(H,16,20). The van der Waals surface area contributed by atoms with Crippen molar-refractivity contribution >= 4 is 21.8 Å². The second-order valence-electron chi connectivity index (χ2n) is 4.76. The Labute approximate surface area is 129 Å². The summed E-state index contributed by atoms with van der Waals surface area (Å²) in [6.07, 6.45) is 1.93. The molecule has 1 heterocycles. The van der Waals surface area contributed by atoms with Crippen LogP contribution in [0, 0.1) is 0 Å². The minimum absolute atomic E-state index is 0.0489. The zero-order valence-corrected chi connectivity index (χ0v) is 14.5. The molecule has 6 heteroatoms. The van der Waals surface area contributed by atoms with Crippen LogP contribution < -0.4 is 5.32 Å². The van der Waals surface area contributed by atoms with E-state index in [4.69, 9.17) is 0 Å². The van der Waals surface area contributed by atoms with E-state index in [0.717, 1.165) is 48.3 Å². The van der Waals surface area contributed by atoms with Crippen LogP contribution in [0.25, 0.3) is 0 Å². The number of carbonyl (C=O) groups excluding carboxylic acids is 1. The fourth-order valence-electron chi connectivity index (χ4n) is 2.19. The number of nitrogens with zero attached hydrogens (tertiary/aromatic N) is 3. The summed E-state index contributed by atoms with van der Waals surface area (Å²) in [7, 11) is 1.67. The predicted octanol–water partition coefficient (Wildman–Crippen LogP) is 2.19. The Kier molecular flexibility index (Phi) is 7.23. The van der Waals surface area contributed by atoms with Gasteiger partial charge in [0, 0.05) is 20.1 Å². The van der Waals surface area contributed by atoms with Crippen LogP contribution >= 0.6 is 15.9 Å². The number of nitrogens with one attached hydrogen (secondary N) is 1. The third-order valence-electron chi connectivity index (χ3n) is 3.25. The number of carbonyl (C=O) groups is 1. The molecule has 5 nitrogen and oxygen atoms in total. The van der Waals surface area contributed by atoms with Crippen LogP contribution in [0.15, 0.2) is 4.47 Å². The summed E-state index contributed by atoms with van der Waals surface area (Å²) in [5.41, 5.74) is 2.24. The lowest BCUT2D eigenvalue weighted by Gasteiger charge is -2.21. The molecule has 0 radical (unpaired) electrons. The molecule has 114 valence electrons. The normalized spacial score (nSPS) is 11.1. The maximum absolute atomic E-state index is 11.6. The molecule has 1 aromatic rings. The van der Waals surface area contributed by atoms with E-state index in [0.29, 0.717) is 6.54 Å². The maximum atomic E-state index is 11.6. The van der Waals surface area contributed by atoms with Crippen molar-refractivity contribution in [3.8, 4) is 0 Å². The molecule has 0 unspecified atom stereocenters. The topological polar surface area (TPSA) is 50.2 Å². The van der Waals surface area contributed by atoms with Gasteiger partial charge in [-0.2, -0.15) is 5.10 Å². The maximum Gasteiger partial charge on any atom is 0.233 e. The molecule has 0 fully saturated rings. The molecule has 20 heavy (non-hydrogen) atoms. The highest BCUT2D eigenvalue weighted by molar-refractivity contribution is 9.10. The van der Waals surface area contributed by atoms with Crippen LogP contribution in [0.5, 0.6) is 0 Å². The minimum Gasteiger partial charge on any atom is -0.358 e. The average molecular weight is 345 g/mol. The van der Waals surface area contributed by atoms with Gasteiger partial charge in [-0.25, -0.2) is 0 Å². The van der Waals surface area contributed by atoms with Gasteiger partial charge in [-0.15, -0.1) is 0 Å². The van der Waals surface area contributed by atoms with Crippen molar-refractivity contribution in [2.45, 2.75) is 46.7 Å². The summed E-state index contributed by atoms with van der Waals surface area (Å²) in [5.74, 6) is 0.0489. The molecule has 0 aliphatic heterocycles. The van der Waals surface area contributed by atoms with E-state index in [1.54, 1.807) is 7.05 Å². The second kappa shape index (κ2) is 8.42. The van der Waals surface area contributed by atoms with Crippen LogP contribution in [0.3, 0.4) is 0 Å². The Bertz CT molecular complexity index is 445. The molecule has 1 amide bonds. The third-order valence-corrected chi connectivity index (χ3v) is 4.17. The Morgan fingerprint density at radius 2 is 2.10 bits per heavy atom. The Morgan fingerprint density at radius 1 is 1.40 bits per heavy atom. The lowest BCUT2D eigenvalue weighted by atomic mass is 10.2. The highest BCUT2D eigenvalue weighted by Gasteiger charge is 2.18. The number of hydrogen-bond donors (Lipinski definition) is 1. The van der Waals surface area contributed by atoms with Crippen molar-refractivity contribution in [2.75, 3.05) is 20.1 Å². The highest BCUT2D eigenvalue weighted by atomic mass is 79.9. The summed E-state index contributed by atoms with van der Waals surface area (Å²) in [5, 5.41) is 7.29. The molecular weight excluding hydrogens is 320 g/mol. The van der Waals surface area contributed by atoms with Crippen molar-refractivity contribution in [2.24, 2.45) is 0 Å². The number of amides is 1. The first-order valence-corrected chi connectivity index (χ1v) is 8.03. The van der Waals surface area contributed by atoms with Crippen molar-refractivity contribution in [3.63, 3.8) is 0 Å². The summed E-state index contributed by atoms with van der Waals surface area (Å²) in [6.45, 7) is 9.22. The Morgan fingerprint density at radius 3 is 2.60 bits per heavy atom. The molecule has 1 aromatic heterocycles. The summed E-state index contributed by atoms with van der Waals surface area (Å²) < 4.78 is 3.11. The Balaban J connectivity index is 2.92. The van der Waals surface area contributed by atoms with E-state index in [-0.39, 0.29) is 5.91 Å². The van der Waals surface area contributed by atoms with Gasteiger partial charge in [0.05, 0.1) is 22.4 Å². The quantitative estimate of drug-likeness (QED) is 0.786. The molecule has 0 saturated heterocycles. The van der Waals surface area contributed by atoms with Crippen LogP contribution in [0.2, 0.25) is 0 Å². The lowest BCUT2D eigenvalue weighted by molar-refractivity contribution is -0.121. The molecule has 0 spiro atoms. The molecule has 0 bridgehead atoms. The van der Waals surface area contributed by atoms with E-state index >= 15 is 0 Å². The Hall–Kier alpha value is -0.880. The SMILES string of the molecule is CCCN(CC(=O)NC)Cc1c(Br)c(CC)nn1CC. The number of aryl methyl sites for hydroxylation is 2. The van der Waals surface area contributed by atoms with Gasteiger partial charge in [0.25, 0.3) is 0 Å². The number of rotatable bonds is 8. The van der Waals surface area contributed by atoms with E-state index in [1.165, 1.54) is 0 Å². The molecule has 0 atom stereocenters. The second-order valence-corrected chi connectivity index (χ2v) is 5.55. The van der Waals surface area contributed by atoms with Gasteiger partial charge >= 0.3 is 0 Å². The zero-order chi connectivity index (χ0) is 15.1. The molecule has 0 aliphatic carbocycles. The van der Waals surface area contributed by atoms with Crippen molar-refractivity contribution in [3.05, 3.63) is 15.9 Å². The largest absolute Gasteiger partial charge is 0.358 e. The van der Waals surface area contributed by atoms with Gasteiger partial charge in [0.2, 0.25) is 5.91 Å². The van der Waals surface area contributed by atoms with Gasteiger partial charge in [-0.3, -0.25) is 14.4 Å². The summed E-state index contributed by atoms with van der Waals surface area (Å²) in [6, 6.07) is 0. The number of likely N-dealkylation sites (N-methyl/N-ethyl adjacent to an activating group) is 1. The molecule has 0 aromatic carbocycles. The average Bonchev–Trinajstić information content (AvgIpc) is 2.75. The first kappa shape index (κ1) is 17.2. The zero-order valence-electron chi connectivity index (χ0n) is 12.9. The van der Waals surface area contributed by atoms with E-state index in [9.17, 15) is 4.79 Å². The van der Waals surface area contributed by atoms with Crippen LogP contribution in [-0.2, 0) is 24.3 Å². The number of halogens is 1. The number of hydrogen-bond acceptors (Lipinski definition) is 3. The fraction of sp³-hybridized carbons (Fsp3) is 0.714. The van der Waals surface area contributed by atoms with Crippen molar-refractivity contribution < 1.29 is 4.79 Å². The molecule has 0 saturated carbocycles. The van der Waals surface area contributed by atoms with Crippen LogP contribution in [0.1, 0.15) is 38.6 Å². The highest BCUT2D eigenvalue weighted by Crippen LogP contribution is 2.23. The monoisotopic (exact) mass is 344 g/mol. The number of aromatic nitrogens is 2. The fourth-order valence-corrected chi connectivity index (χ4v) is 2.88. The van der Waals surface area contributed by atoms with Gasteiger partial charge in [0.15, 0.2) is 0 Å². The van der Waals surface area contributed by atoms with E-state index < -0.39 is 0 Å². The molecule has 1 rings (SSSR count).